The number of carboxylic acid groups (broad SMARTS) is 1. The molecule has 0 saturated carbocycles. The molecule has 0 aliphatic rings. The minimum Gasteiger partial charge on any atom is -0.480 e. The third-order valence-corrected chi connectivity index (χ3v) is 4.12. The van der Waals surface area contributed by atoms with Crippen LogP contribution in [0.4, 0.5) is 5.82 Å². The second kappa shape index (κ2) is 5.41. The number of nitrogens with zero attached hydrogens (tertiary/aromatic N) is 3. The van der Waals surface area contributed by atoms with Gasteiger partial charge in [-0.2, -0.15) is 10.3 Å². The lowest BCUT2D eigenvalue weighted by Gasteiger charge is -2.12. The van der Waals surface area contributed by atoms with Crippen molar-refractivity contribution in [3.63, 3.8) is 0 Å². The van der Waals surface area contributed by atoms with Crippen LogP contribution in [0.15, 0.2) is 41.3 Å². The van der Waals surface area contributed by atoms with Gasteiger partial charge in [0.1, 0.15) is 16.6 Å². The summed E-state index contributed by atoms with van der Waals surface area (Å²) in [4.78, 5) is 16.2. The number of aliphatic carboxylic acids is 1. The molecular formula is C13H11N5O2S. The SMILES string of the molecule is Nc1cc(SC(C(=O)O)c2ccccc2)c2n[nH]nc2n1. The molecule has 0 saturated heterocycles. The molecule has 1 aromatic carbocycles. The molecule has 0 fully saturated rings. The first-order valence-corrected chi connectivity index (χ1v) is 6.94. The molecule has 21 heavy (non-hydrogen) atoms. The van der Waals surface area contributed by atoms with Gasteiger partial charge < -0.3 is 10.8 Å². The van der Waals surface area contributed by atoms with Gasteiger partial charge in [0, 0.05) is 4.90 Å². The summed E-state index contributed by atoms with van der Waals surface area (Å²) in [5.41, 5.74) is 7.30. The second-order valence-electron chi connectivity index (χ2n) is 4.29. The summed E-state index contributed by atoms with van der Waals surface area (Å²) < 4.78 is 0. The van der Waals surface area contributed by atoms with Crippen LogP contribution in [0.5, 0.6) is 0 Å². The third-order valence-electron chi connectivity index (χ3n) is 2.85. The number of carboxylic acids is 1. The fraction of sp³-hybridized carbons (Fsp3) is 0.0769. The van der Waals surface area contributed by atoms with Gasteiger partial charge in [0.05, 0.1) is 0 Å². The smallest absolute Gasteiger partial charge is 0.321 e. The molecule has 4 N–H and O–H groups in total. The Labute approximate surface area is 123 Å². The van der Waals surface area contributed by atoms with Crippen LogP contribution in [0.3, 0.4) is 0 Å². The number of carbonyl (C=O) groups is 1. The molecule has 1 unspecified atom stereocenters. The number of fused-ring (bicyclic) bond motifs is 1. The van der Waals surface area contributed by atoms with Crippen LogP contribution < -0.4 is 5.73 Å². The number of nitrogens with two attached hydrogens (primary N) is 1. The molecule has 1 atom stereocenters. The number of hydrogen-bond donors (Lipinski definition) is 3. The van der Waals surface area contributed by atoms with Crippen molar-refractivity contribution >= 4 is 34.7 Å². The summed E-state index contributed by atoms with van der Waals surface area (Å²) in [6.45, 7) is 0. The van der Waals surface area contributed by atoms with Gasteiger partial charge in [0.25, 0.3) is 0 Å². The van der Waals surface area contributed by atoms with Gasteiger partial charge in [-0.15, -0.1) is 16.9 Å². The van der Waals surface area contributed by atoms with E-state index in [0.717, 1.165) is 11.8 Å². The first-order chi connectivity index (χ1) is 10.1. The van der Waals surface area contributed by atoms with Gasteiger partial charge in [-0.3, -0.25) is 4.79 Å². The maximum atomic E-state index is 11.6. The summed E-state index contributed by atoms with van der Waals surface area (Å²) in [6, 6.07) is 10.6. The van der Waals surface area contributed by atoms with Crippen molar-refractivity contribution in [3.8, 4) is 0 Å². The first-order valence-electron chi connectivity index (χ1n) is 6.06. The Morgan fingerprint density at radius 3 is 2.76 bits per heavy atom. The number of pyridine rings is 1. The van der Waals surface area contributed by atoms with Gasteiger partial charge in [-0.1, -0.05) is 30.3 Å². The van der Waals surface area contributed by atoms with Gasteiger partial charge in [-0.25, -0.2) is 4.98 Å². The largest absolute Gasteiger partial charge is 0.480 e. The van der Waals surface area contributed by atoms with Crippen LogP contribution in [0.2, 0.25) is 0 Å². The standard InChI is InChI=1S/C13H11N5O2S/c14-9-6-8(10-12(15-9)17-18-16-10)21-11(13(19)20)7-4-2-1-3-5-7/h1-6,11H,(H,19,20)(H3,14,15,16,17,18). The van der Waals surface area contributed by atoms with E-state index in [0.29, 0.717) is 21.6 Å². The van der Waals surface area contributed by atoms with E-state index >= 15 is 0 Å². The summed E-state index contributed by atoms with van der Waals surface area (Å²) in [6.07, 6.45) is 0. The van der Waals surface area contributed by atoms with Gasteiger partial charge in [-0.05, 0) is 11.6 Å². The van der Waals surface area contributed by atoms with Crippen molar-refractivity contribution in [1.29, 1.82) is 0 Å². The van der Waals surface area contributed by atoms with E-state index in [9.17, 15) is 9.90 Å². The number of rotatable bonds is 4. The lowest BCUT2D eigenvalue weighted by Crippen LogP contribution is -2.08. The highest BCUT2D eigenvalue weighted by atomic mass is 32.2. The van der Waals surface area contributed by atoms with E-state index < -0.39 is 11.2 Å². The molecule has 7 nitrogen and oxygen atoms in total. The fourth-order valence-electron chi connectivity index (χ4n) is 1.93. The third kappa shape index (κ3) is 2.65. The molecule has 2 heterocycles. The van der Waals surface area contributed by atoms with Crippen molar-refractivity contribution in [2.24, 2.45) is 0 Å². The molecule has 0 aliphatic heterocycles. The van der Waals surface area contributed by atoms with Crippen LogP contribution in [-0.4, -0.2) is 31.5 Å². The maximum absolute atomic E-state index is 11.6. The Balaban J connectivity index is 2.02. The summed E-state index contributed by atoms with van der Waals surface area (Å²) in [5.74, 6) is -0.658. The number of anilines is 1. The monoisotopic (exact) mass is 301 g/mol. The first kappa shape index (κ1) is 13.4. The molecule has 0 spiro atoms. The van der Waals surface area contributed by atoms with E-state index in [4.69, 9.17) is 5.73 Å². The summed E-state index contributed by atoms with van der Waals surface area (Å²) in [7, 11) is 0. The number of aromatic amines is 1. The van der Waals surface area contributed by atoms with Crippen LogP contribution in [0.25, 0.3) is 11.2 Å². The van der Waals surface area contributed by atoms with Gasteiger partial charge in [0.2, 0.25) is 5.65 Å². The Bertz CT molecular complexity index is 790. The zero-order chi connectivity index (χ0) is 14.8. The van der Waals surface area contributed by atoms with E-state index in [1.165, 1.54) is 0 Å². The van der Waals surface area contributed by atoms with E-state index in [-0.39, 0.29) is 5.82 Å². The average molecular weight is 301 g/mol. The molecule has 106 valence electrons. The number of hydrogen-bond acceptors (Lipinski definition) is 6. The van der Waals surface area contributed by atoms with E-state index in [1.807, 2.05) is 6.07 Å². The molecule has 2 aromatic heterocycles. The normalized spacial score (nSPS) is 12.4. The number of nitrogen functional groups attached to an aromatic ring is 1. The lowest BCUT2D eigenvalue weighted by atomic mass is 10.1. The van der Waals surface area contributed by atoms with Gasteiger partial charge in [0.15, 0.2) is 0 Å². The molecular weight excluding hydrogens is 290 g/mol. The van der Waals surface area contributed by atoms with Crippen LogP contribution in [-0.2, 0) is 4.79 Å². The fourth-order valence-corrected chi connectivity index (χ4v) is 3.02. The molecule has 3 aromatic rings. The zero-order valence-corrected chi connectivity index (χ0v) is 11.5. The number of benzene rings is 1. The van der Waals surface area contributed by atoms with Gasteiger partial charge >= 0.3 is 5.97 Å². The van der Waals surface area contributed by atoms with E-state index in [2.05, 4.69) is 20.4 Å². The minimum absolute atomic E-state index is 0.274. The molecule has 0 bridgehead atoms. The highest BCUT2D eigenvalue weighted by molar-refractivity contribution is 8.00. The topological polar surface area (TPSA) is 118 Å². The number of thioether (sulfide) groups is 1. The quantitative estimate of drug-likeness (QED) is 0.629. The van der Waals surface area contributed by atoms with Crippen molar-refractivity contribution in [2.75, 3.05) is 5.73 Å². The van der Waals surface area contributed by atoms with Crippen molar-refractivity contribution < 1.29 is 9.90 Å². The zero-order valence-electron chi connectivity index (χ0n) is 10.7. The van der Waals surface area contributed by atoms with Crippen LogP contribution >= 0.6 is 11.8 Å². The highest BCUT2D eigenvalue weighted by Crippen LogP contribution is 2.38. The van der Waals surface area contributed by atoms with E-state index in [1.54, 1.807) is 30.3 Å². The predicted molar refractivity (Wildman–Crippen MR) is 78.8 cm³/mol. The van der Waals surface area contributed by atoms with Crippen LogP contribution in [0.1, 0.15) is 10.8 Å². The number of H-pyrrole nitrogens is 1. The Morgan fingerprint density at radius 1 is 1.29 bits per heavy atom. The highest BCUT2D eigenvalue weighted by Gasteiger charge is 2.23. The summed E-state index contributed by atoms with van der Waals surface area (Å²) in [5, 5.41) is 19.1. The maximum Gasteiger partial charge on any atom is 0.321 e. The Kier molecular flexibility index (Phi) is 3.44. The molecule has 8 heteroatoms. The predicted octanol–water partition coefficient (Wildman–Crippen LogP) is 1.85. The summed E-state index contributed by atoms with van der Waals surface area (Å²) >= 11 is 1.16. The second-order valence-corrected chi connectivity index (χ2v) is 5.43. The Hall–Kier alpha value is -2.61. The average Bonchev–Trinajstić information content (AvgIpc) is 2.93. The van der Waals surface area contributed by atoms with Crippen molar-refractivity contribution in [1.82, 2.24) is 20.4 Å². The molecule has 0 radical (unpaired) electrons. The van der Waals surface area contributed by atoms with Crippen LogP contribution in [0, 0.1) is 0 Å². The number of aromatic nitrogens is 4. The molecule has 3 rings (SSSR count). The van der Waals surface area contributed by atoms with Crippen molar-refractivity contribution in [2.45, 2.75) is 10.1 Å². The molecule has 0 amide bonds. The molecule has 0 aliphatic carbocycles. The van der Waals surface area contributed by atoms with Crippen molar-refractivity contribution in [3.05, 3.63) is 42.0 Å². The number of nitrogens with one attached hydrogen (secondary N) is 1. The minimum atomic E-state index is -0.932. The lowest BCUT2D eigenvalue weighted by molar-refractivity contribution is -0.136. The Morgan fingerprint density at radius 2 is 2.05 bits per heavy atom.